The van der Waals surface area contributed by atoms with E-state index in [4.69, 9.17) is 0 Å². The second-order valence-corrected chi connectivity index (χ2v) is 6.28. The molecular weight excluding hydrogens is 343 g/mol. The molecule has 1 heteroatoms. The van der Waals surface area contributed by atoms with Gasteiger partial charge in [0, 0.05) is 0 Å². The van der Waals surface area contributed by atoms with Gasteiger partial charge in [-0.05, 0) is 57.0 Å². The van der Waals surface area contributed by atoms with Crippen LogP contribution in [0.5, 0.6) is 0 Å². The molecular formula is C18H31I. The summed E-state index contributed by atoms with van der Waals surface area (Å²) < 4.78 is 2.28. The molecule has 0 N–H and O–H groups in total. The summed E-state index contributed by atoms with van der Waals surface area (Å²) in [6.45, 7) is 8.88. The zero-order chi connectivity index (χ0) is 14.5. The van der Waals surface area contributed by atoms with Crippen molar-refractivity contribution >= 4 is 22.6 Å². The Morgan fingerprint density at radius 3 is 2.26 bits per heavy atom. The molecule has 0 bridgehead atoms. The summed E-state index contributed by atoms with van der Waals surface area (Å²) in [6, 6.07) is 0. The van der Waals surface area contributed by atoms with Crippen LogP contribution in [0.2, 0.25) is 0 Å². The first-order chi connectivity index (χ1) is 9.10. The van der Waals surface area contributed by atoms with Crippen LogP contribution >= 0.6 is 22.6 Å². The van der Waals surface area contributed by atoms with Gasteiger partial charge >= 0.3 is 0 Å². The quantitative estimate of drug-likeness (QED) is 0.213. The first kappa shape index (κ1) is 18.9. The summed E-state index contributed by atoms with van der Waals surface area (Å²) >= 11 is 2.39. The number of hydrogen-bond acceptors (Lipinski definition) is 0. The summed E-state index contributed by atoms with van der Waals surface area (Å²) in [7, 11) is 0. The fourth-order valence-electron chi connectivity index (χ4n) is 1.98. The number of rotatable bonds is 10. The second kappa shape index (κ2) is 13.0. The number of unbranched alkanes of at least 4 members (excludes halogenated alkanes) is 3. The first-order valence-corrected chi connectivity index (χ1v) is 8.91. The Bertz CT molecular complexity index is 304. The number of hydrogen-bond donors (Lipinski definition) is 0. The lowest BCUT2D eigenvalue weighted by atomic mass is 10.0. The molecule has 0 amide bonds. The van der Waals surface area contributed by atoms with Gasteiger partial charge in [0.1, 0.15) is 0 Å². The van der Waals surface area contributed by atoms with Crippen molar-refractivity contribution < 1.29 is 0 Å². The molecule has 0 aliphatic carbocycles. The van der Waals surface area contributed by atoms with E-state index in [1.807, 2.05) is 0 Å². The van der Waals surface area contributed by atoms with E-state index in [0.29, 0.717) is 0 Å². The molecule has 0 saturated carbocycles. The van der Waals surface area contributed by atoms with E-state index in [1.165, 1.54) is 56.1 Å². The van der Waals surface area contributed by atoms with Gasteiger partial charge in [-0.25, -0.2) is 0 Å². The summed E-state index contributed by atoms with van der Waals surface area (Å²) in [5.74, 6) is 0. The van der Waals surface area contributed by atoms with E-state index in [2.05, 4.69) is 66.5 Å². The van der Waals surface area contributed by atoms with Gasteiger partial charge < -0.3 is 0 Å². The lowest BCUT2D eigenvalue weighted by Gasteiger charge is -2.05. The molecule has 0 aliphatic rings. The SMILES string of the molecule is CCCCCC/C(=C/I)C/C=C(/C)CCC=C(C)C. The van der Waals surface area contributed by atoms with E-state index >= 15 is 0 Å². The highest BCUT2D eigenvalue weighted by molar-refractivity contribution is 14.1. The van der Waals surface area contributed by atoms with Crippen molar-refractivity contribution in [3.8, 4) is 0 Å². The minimum absolute atomic E-state index is 1.15. The van der Waals surface area contributed by atoms with Crippen molar-refractivity contribution in [3.05, 3.63) is 33.0 Å². The third-order valence-electron chi connectivity index (χ3n) is 3.31. The molecule has 0 fully saturated rings. The van der Waals surface area contributed by atoms with Gasteiger partial charge in [0.05, 0.1) is 0 Å². The predicted molar refractivity (Wildman–Crippen MR) is 97.9 cm³/mol. The molecule has 0 heterocycles. The summed E-state index contributed by atoms with van der Waals surface area (Å²) in [6.07, 6.45) is 15.0. The molecule has 0 aromatic heterocycles. The van der Waals surface area contributed by atoms with E-state index in [1.54, 1.807) is 5.57 Å². The predicted octanol–water partition coefficient (Wildman–Crippen LogP) is 7.36. The van der Waals surface area contributed by atoms with Crippen LogP contribution in [-0.4, -0.2) is 0 Å². The van der Waals surface area contributed by atoms with Crippen LogP contribution in [0, 0.1) is 0 Å². The number of allylic oxidation sites excluding steroid dienone is 5. The van der Waals surface area contributed by atoms with Crippen molar-refractivity contribution in [3.63, 3.8) is 0 Å². The Hall–Kier alpha value is -0.0500. The normalized spacial score (nSPS) is 12.7. The van der Waals surface area contributed by atoms with Gasteiger partial charge in [0.25, 0.3) is 0 Å². The lowest BCUT2D eigenvalue weighted by molar-refractivity contribution is 0.661. The van der Waals surface area contributed by atoms with Crippen LogP contribution in [0.1, 0.15) is 79.1 Å². The Kier molecular flexibility index (Phi) is 12.9. The van der Waals surface area contributed by atoms with E-state index < -0.39 is 0 Å². The average molecular weight is 374 g/mol. The van der Waals surface area contributed by atoms with Gasteiger partial charge in [-0.3, -0.25) is 0 Å². The largest absolute Gasteiger partial charge is 0.0856 e. The van der Waals surface area contributed by atoms with Crippen LogP contribution in [0.4, 0.5) is 0 Å². The second-order valence-electron chi connectivity index (χ2n) is 5.65. The molecule has 0 aliphatic heterocycles. The summed E-state index contributed by atoms with van der Waals surface area (Å²) in [4.78, 5) is 0. The maximum Gasteiger partial charge on any atom is -0.0129 e. The monoisotopic (exact) mass is 374 g/mol. The van der Waals surface area contributed by atoms with Crippen LogP contribution in [-0.2, 0) is 0 Å². The third-order valence-corrected chi connectivity index (χ3v) is 4.19. The highest BCUT2D eigenvalue weighted by Gasteiger charge is 1.97. The maximum absolute atomic E-state index is 2.42. The molecule has 0 saturated heterocycles. The summed E-state index contributed by atoms with van der Waals surface area (Å²) in [5, 5.41) is 0. The molecule has 0 spiro atoms. The average Bonchev–Trinajstić information content (AvgIpc) is 2.37. The molecule has 0 radical (unpaired) electrons. The maximum atomic E-state index is 2.42. The highest BCUT2D eigenvalue weighted by Crippen LogP contribution is 2.18. The molecule has 0 atom stereocenters. The minimum atomic E-state index is 1.15. The zero-order valence-corrected chi connectivity index (χ0v) is 15.4. The minimum Gasteiger partial charge on any atom is -0.0856 e. The van der Waals surface area contributed by atoms with E-state index in [9.17, 15) is 0 Å². The van der Waals surface area contributed by atoms with Crippen LogP contribution in [0.25, 0.3) is 0 Å². The van der Waals surface area contributed by atoms with Crippen LogP contribution in [0.15, 0.2) is 33.0 Å². The Morgan fingerprint density at radius 1 is 0.947 bits per heavy atom. The van der Waals surface area contributed by atoms with Crippen molar-refractivity contribution in [1.82, 2.24) is 0 Å². The Morgan fingerprint density at radius 2 is 1.68 bits per heavy atom. The Balaban J connectivity index is 3.94. The molecule has 0 rings (SSSR count). The standard InChI is InChI=1S/C18H31I/c1-5-6-7-8-12-18(15-19)14-13-17(4)11-9-10-16(2)3/h10,13,15H,5-9,11-12,14H2,1-4H3/b17-13-,18-15-. The zero-order valence-electron chi connectivity index (χ0n) is 13.3. The van der Waals surface area contributed by atoms with E-state index in [0.717, 1.165) is 6.42 Å². The van der Waals surface area contributed by atoms with Crippen LogP contribution in [0.3, 0.4) is 0 Å². The van der Waals surface area contributed by atoms with E-state index in [-0.39, 0.29) is 0 Å². The van der Waals surface area contributed by atoms with Crippen molar-refractivity contribution in [1.29, 1.82) is 0 Å². The van der Waals surface area contributed by atoms with Crippen molar-refractivity contribution in [2.45, 2.75) is 79.1 Å². The fourth-order valence-corrected chi connectivity index (χ4v) is 2.54. The molecule has 0 aromatic carbocycles. The third kappa shape index (κ3) is 12.7. The molecule has 19 heavy (non-hydrogen) atoms. The smallest absolute Gasteiger partial charge is 0.0129 e. The van der Waals surface area contributed by atoms with Gasteiger partial charge in [-0.15, -0.1) is 0 Å². The van der Waals surface area contributed by atoms with Gasteiger partial charge in [-0.1, -0.05) is 77.6 Å². The van der Waals surface area contributed by atoms with Crippen LogP contribution < -0.4 is 0 Å². The molecule has 110 valence electrons. The highest BCUT2D eigenvalue weighted by atomic mass is 127. The van der Waals surface area contributed by atoms with Gasteiger partial charge in [-0.2, -0.15) is 0 Å². The molecule has 0 nitrogen and oxygen atoms in total. The molecule has 0 aromatic rings. The lowest BCUT2D eigenvalue weighted by Crippen LogP contribution is -1.85. The molecule has 0 unspecified atom stereocenters. The fraction of sp³-hybridized carbons (Fsp3) is 0.667. The number of halogens is 1. The first-order valence-electron chi connectivity index (χ1n) is 7.67. The van der Waals surface area contributed by atoms with Gasteiger partial charge in [0.15, 0.2) is 0 Å². The Labute approximate surface area is 134 Å². The summed E-state index contributed by atoms with van der Waals surface area (Å²) in [5.41, 5.74) is 4.55. The van der Waals surface area contributed by atoms with Crippen molar-refractivity contribution in [2.24, 2.45) is 0 Å². The topological polar surface area (TPSA) is 0 Å². The van der Waals surface area contributed by atoms with Gasteiger partial charge in [0.2, 0.25) is 0 Å². The van der Waals surface area contributed by atoms with Crippen molar-refractivity contribution in [2.75, 3.05) is 0 Å².